The van der Waals surface area contributed by atoms with Crippen LogP contribution in [0.5, 0.6) is 0 Å². The largest absolute Gasteiger partial charge is 0.254 e. The van der Waals surface area contributed by atoms with Crippen LogP contribution in [0.15, 0.2) is 0 Å². The highest BCUT2D eigenvalue weighted by molar-refractivity contribution is 6.20. The van der Waals surface area contributed by atoms with Crippen LogP contribution < -0.4 is 0 Å². The highest BCUT2D eigenvalue weighted by atomic mass is 35.5. The Bertz CT molecular complexity index is 86.2. The third-order valence-electron chi connectivity index (χ3n) is 1.61. The Morgan fingerprint density at radius 2 is 1.82 bits per heavy atom. The Kier molecular flexibility index (Phi) is 6.93. The van der Waals surface area contributed by atoms with Crippen LogP contribution in [-0.4, -0.2) is 11.8 Å². The second-order valence-electron chi connectivity index (χ2n) is 2.70. The molecule has 0 spiro atoms. The van der Waals surface area contributed by atoms with Crippen molar-refractivity contribution >= 4 is 11.6 Å². The maximum Gasteiger partial charge on any atom is 0.254 e. The van der Waals surface area contributed by atoms with Gasteiger partial charge in [0.1, 0.15) is 0 Å². The Labute approximate surface area is 71.9 Å². The van der Waals surface area contributed by atoms with Gasteiger partial charge in [0.2, 0.25) is 0 Å². The summed E-state index contributed by atoms with van der Waals surface area (Å²) >= 11 is 5.34. The molecule has 0 aliphatic carbocycles. The van der Waals surface area contributed by atoms with E-state index < -0.39 is 11.8 Å². The molecule has 0 radical (unpaired) electrons. The molecule has 0 amide bonds. The van der Waals surface area contributed by atoms with Crippen molar-refractivity contribution in [1.82, 2.24) is 0 Å². The maximum atomic E-state index is 11.8. The van der Waals surface area contributed by atoms with Crippen LogP contribution in [-0.2, 0) is 0 Å². The van der Waals surface area contributed by atoms with E-state index in [2.05, 4.69) is 6.92 Å². The van der Waals surface area contributed by atoms with Gasteiger partial charge in [-0.3, -0.25) is 0 Å². The molecule has 0 aromatic heterocycles. The van der Waals surface area contributed by atoms with Crippen LogP contribution in [0.4, 0.5) is 8.78 Å². The number of hydrogen-bond donors (Lipinski definition) is 0. The standard InChI is InChI=1S/C8H15ClF2/c1-2-3-4-5-6-7(9)8(10)11/h7-8H,2-6H2,1H3. The summed E-state index contributed by atoms with van der Waals surface area (Å²) < 4.78 is 23.6. The van der Waals surface area contributed by atoms with Gasteiger partial charge in [0, 0.05) is 0 Å². The molecule has 0 rings (SSSR count). The van der Waals surface area contributed by atoms with Crippen LogP contribution >= 0.6 is 11.6 Å². The lowest BCUT2D eigenvalue weighted by atomic mass is 10.1. The second kappa shape index (κ2) is 6.84. The first-order valence-corrected chi connectivity index (χ1v) is 4.54. The Balaban J connectivity index is 3.10. The van der Waals surface area contributed by atoms with Gasteiger partial charge in [-0.15, -0.1) is 11.6 Å². The number of halogens is 3. The van der Waals surface area contributed by atoms with E-state index in [0.717, 1.165) is 25.7 Å². The second-order valence-corrected chi connectivity index (χ2v) is 3.26. The van der Waals surface area contributed by atoms with Gasteiger partial charge >= 0.3 is 0 Å². The average Bonchev–Trinajstić information content (AvgIpc) is 1.97. The fraction of sp³-hybridized carbons (Fsp3) is 1.00. The predicted octanol–water partition coefficient (Wildman–Crippen LogP) is 3.83. The molecule has 0 saturated carbocycles. The molecule has 11 heavy (non-hydrogen) atoms. The van der Waals surface area contributed by atoms with Gasteiger partial charge in [0.25, 0.3) is 6.43 Å². The number of unbranched alkanes of at least 4 members (excludes halogenated alkanes) is 3. The number of rotatable bonds is 6. The molecule has 0 heterocycles. The minimum atomic E-state index is -2.36. The van der Waals surface area contributed by atoms with E-state index in [1.165, 1.54) is 0 Å². The zero-order valence-corrected chi connectivity index (χ0v) is 7.58. The smallest absolute Gasteiger partial charge is 0.209 e. The Morgan fingerprint density at radius 1 is 1.18 bits per heavy atom. The zero-order valence-electron chi connectivity index (χ0n) is 6.82. The predicted molar refractivity (Wildman–Crippen MR) is 44.4 cm³/mol. The van der Waals surface area contributed by atoms with Gasteiger partial charge in [0.05, 0.1) is 5.38 Å². The molecule has 3 heteroatoms. The van der Waals surface area contributed by atoms with E-state index in [-0.39, 0.29) is 0 Å². The first kappa shape index (κ1) is 11.2. The Hall–Kier alpha value is 0.150. The lowest BCUT2D eigenvalue weighted by molar-refractivity contribution is 0.138. The molecule has 0 aliphatic rings. The molecular formula is C8H15ClF2. The first-order valence-electron chi connectivity index (χ1n) is 4.10. The summed E-state index contributed by atoms with van der Waals surface area (Å²) in [7, 11) is 0. The zero-order chi connectivity index (χ0) is 8.69. The van der Waals surface area contributed by atoms with Crippen molar-refractivity contribution in [3.63, 3.8) is 0 Å². The van der Waals surface area contributed by atoms with E-state index in [4.69, 9.17) is 11.6 Å². The minimum Gasteiger partial charge on any atom is -0.209 e. The molecule has 0 N–H and O–H groups in total. The number of hydrogen-bond acceptors (Lipinski definition) is 0. The third kappa shape index (κ3) is 6.54. The van der Waals surface area contributed by atoms with Crippen molar-refractivity contribution < 1.29 is 8.78 Å². The average molecular weight is 185 g/mol. The molecule has 0 saturated heterocycles. The van der Waals surface area contributed by atoms with Crippen molar-refractivity contribution in [3.8, 4) is 0 Å². The lowest BCUT2D eigenvalue weighted by Crippen LogP contribution is -2.09. The minimum absolute atomic E-state index is 0.444. The molecule has 0 nitrogen and oxygen atoms in total. The highest BCUT2D eigenvalue weighted by Crippen LogP contribution is 2.16. The molecule has 0 aliphatic heterocycles. The quantitative estimate of drug-likeness (QED) is 0.435. The molecule has 1 unspecified atom stereocenters. The SMILES string of the molecule is CCCCCCC(Cl)C(F)F. The van der Waals surface area contributed by atoms with Crippen LogP contribution in [0.3, 0.4) is 0 Å². The van der Waals surface area contributed by atoms with Crippen molar-refractivity contribution in [1.29, 1.82) is 0 Å². The normalized spacial score (nSPS) is 13.9. The van der Waals surface area contributed by atoms with E-state index >= 15 is 0 Å². The molecule has 0 fully saturated rings. The van der Waals surface area contributed by atoms with Gasteiger partial charge in [-0.05, 0) is 6.42 Å². The summed E-state index contributed by atoms with van der Waals surface area (Å²) in [4.78, 5) is 0. The summed E-state index contributed by atoms with van der Waals surface area (Å²) in [5.41, 5.74) is 0. The monoisotopic (exact) mass is 184 g/mol. The van der Waals surface area contributed by atoms with E-state index in [0.29, 0.717) is 6.42 Å². The summed E-state index contributed by atoms with van der Waals surface area (Å²) in [6, 6.07) is 0. The van der Waals surface area contributed by atoms with Gasteiger partial charge < -0.3 is 0 Å². The van der Waals surface area contributed by atoms with Crippen LogP contribution in [0, 0.1) is 0 Å². The van der Waals surface area contributed by atoms with Crippen molar-refractivity contribution in [2.24, 2.45) is 0 Å². The van der Waals surface area contributed by atoms with Crippen molar-refractivity contribution in [2.45, 2.75) is 50.8 Å². The molecule has 1 atom stereocenters. The van der Waals surface area contributed by atoms with E-state index in [9.17, 15) is 8.78 Å². The molecule has 0 bridgehead atoms. The summed E-state index contributed by atoms with van der Waals surface area (Å²) in [5.74, 6) is 0. The topological polar surface area (TPSA) is 0 Å². The third-order valence-corrected chi connectivity index (χ3v) is 2.02. The fourth-order valence-electron chi connectivity index (χ4n) is 0.892. The van der Waals surface area contributed by atoms with E-state index in [1.54, 1.807) is 0 Å². The van der Waals surface area contributed by atoms with Gasteiger partial charge in [-0.1, -0.05) is 32.6 Å². The maximum absolute atomic E-state index is 11.8. The summed E-state index contributed by atoms with van der Waals surface area (Å²) in [6.45, 7) is 2.09. The Morgan fingerprint density at radius 3 is 2.27 bits per heavy atom. The molecule has 0 aromatic carbocycles. The fourth-order valence-corrected chi connectivity index (χ4v) is 1.05. The van der Waals surface area contributed by atoms with Crippen LogP contribution in [0.2, 0.25) is 0 Å². The highest BCUT2D eigenvalue weighted by Gasteiger charge is 2.15. The first-order chi connectivity index (χ1) is 5.18. The van der Waals surface area contributed by atoms with Crippen LogP contribution in [0.1, 0.15) is 39.0 Å². The van der Waals surface area contributed by atoms with Gasteiger partial charge in [-0.2, -0.15) is 0 Å². The van der Waals surface area contributed by atoms with Gasteiger partial charge in [-0.25, -0.2) is 8.78 Å². The lowest BCUT2D eigenvalue weighted by Gasteiger charge is -2.06. The van der Waals surface area contributed by atoms with Crippen molar-refractivity contribution in [2.75, 3.05) is 0 Å². The van der Waals surface area contributed by atoms with Crippen LogP contribution in [0.25, 0.3) is 0 Å². The summed E-state index contributed by atoms with van der Waals surface area (Å²) in [5, 5.41) is -0.938. The number of alkyl halides is 3. The van der Waals surface area contributed by atoms with E-state index in [1.807, 2.05) is 0 Å². The van der Waals surface area contributed by atoms with Crippen molar-refractivity contribution in [3.05, 3.63) is 0 Å². The molecule has 68 valence electrons. The summed E-state index contributed by atoms with van der Waals surface area (Å²) in [6.07, 6.45) is 2.17. The molecule has 0 aromatic rings. The molecular weight excluding hydrogens is 170 g/mol. The van der Waals surface area contributed by atoms with Gasteiger partial charge in [0.15, 0.2) is 0 Å².